The fraction of sp³-hybridized carbons (Fsp3) is 0.0606. The Balaban J connectivity index is 1.48. The molecule has 0 atom stereocenters. The molecule has 0 fully saturated rings. The highest BCUT2D eigenvalue weighted by molar-refractivity contribution is 7.15. The molecule has 7 aromatic rings. The van der Waals surface area contributed by atoms with Crippen LogP contribution >= 0.6 is 11.3 Å². The Morgan fingerprint density at radius 2 is 1.47 bits per heavy atom. The standard InChI is InChI=1S/C33H25N3OS/c1-22-12-19-32(38-22)29-21-35(24-14-16-26(37-2)17-15-24)33(34-29)23-13-18-28-27-10-6-7-11-30(27)36(31(28)20-23)25-8-4-3-5-9-25/h3-21H,1-2H3. The highest BCUT2D eigenvalue weighted by Gasteiger charge is 2.18. The van der Waals surface area contributed by atoms with Crippen molar-refractivity contribution in [3.63, 3.8) is 0 Å². The molecule has 7 rings (SSSR count). The van der Waals surface area contributed by atoms with E-state index in [9.17, 15) is 0 Å². The van der Waals surface area contributed by atoms with Crippen molar-refractivity contribution in [2.75, 3.05) is 7.11 Å². The number of aryl methyl sites for hydroxylation is 1. The third kappa shape index (κ3) is 3.71. The molecular weight excluding hydrogens is 486 g/mol. The SMILES string of the molecule is COc1ccc(-n2cc(-c3ccc(C)s3)nc2-c2ccc3c4ccccc4n(-c4ccccc4)c3c2)cc1. The predicted molar refractivity (Wildman–Crippen MR) is 158 cm³/mol. The maximum absolute atomic E-state index is 5.40. The Morgan fingerprint density at radius 3 is 2.24 bits per heavy atom. The quantitative estimate of drug-likeness (QED) is 0.231. The summed E-state index contributed by atoms with van der Waals surface area (Å²) in [5.74, 6) is 1.74. The molecule has 0 N–H and O–H groups in total. The van der Waals surface area contributed by atoms with Crippen LogP contribution in [-0.4, -0.2) is 21.2 Å². The van der Waals surface area contributed by atoms with E-state index in [1.807, 2.05) is 12.1 Å². The number of benzene rings is 4. The average molecular weight is 512 g/mol. The summed E-state index contributed by atoms with van der Waals surface area (Å²) < 4.78 is 9.93. The minimum Gasteiger partial charge on any atom is -0.497 e. The zero-order valence-corrected chi connectivity index (χ0v) is 21.9. The molecule has 0 saturated carbocycles. The van der Waals surface area contributed by atoms with Crippen molar-refractivity contribution in [1.82, 2.24) is 14.1 Å². The summed E-state index contributed by atoms with van der Waals surface area (Å²) in [6.45, 7) is 2.13. The molecule has 4 aromatic carbocycles. The molecule has 184 valence electrons. The minimum absolute atomic E-state index is 0.832. The van der Waals surface area contributed by atoms with Crippen molar-refractivity contribution < 1.29 is 4.74 Å². The van der Waals surface area contributed by atoms with Crippen LogP contribution in [0.1, 0.15) is 4.88 Å². The lowest BCUT2D eigenvalue weighted by Gasteiger charge is -2.11. The van der Waals surface area contributed by atoms with Crippen molar-refractivity contribution in [1.29, 1.82) is 0 Å². The second-order valence-corrected chi connectivity index (χ2v) is 10.6. The molecule has 0 aliphatic carbocycles. The van der Waals surface area contributed by atoms with Crippen LogP contribution in [0, 0.1) is 6.92 Å². The van der Waals surface area contributed by atoms with E-state index in [1.54, 1.807) is 18.4 Å². The van der Waals surface area contributed by atoms with E-state index >= 15 is 0 Å². The second-order valence-electron chi connectivity index (χ2n) is 9.35. The molecule has 0 bridgehead atoms. The van der Waals surface area contributed by atoms with Gasteiger partial charge in [-0.1, -0.05) is 48.5 Å². The van der Waals surface area contributed by atoms with E-state index in [0.29, 0.717) is 0 Å². The Morgan fingerprint density at radius 1 is 0.711 bits per heavy atom. The molecule has 4 nitrogen and oxygen atoms in total. The van der Waals surface area contributed by atoms with Crippen molar-refractivity contribution in [2.24, 2.45) is 0 Å². The van der Waals surface area contributed by atoms with Crippen molar-refractivity contribution in [3.05, 3.63) is 120 Å². The summed E-state index contributed by atoms with van der Waals surface area (Å²) in [4.78, 5) is 7.61. The molecule has 3 heterocycles. The first-order valence-corrected chi connectivity index (χ1v) is 13.4. The maximum atomic E-state index is 5.40. The third-order valence-corrected chi connectivity index (χ3v) is 8.02. The summed E-state index contributed by atoms with van der Waals surface area (Å²) in [5.41, 5.74) is 6.57. The van der Waals surface area contributed by atoms with Crippen molar-refractivity contribution in [2.45, 2.75) is 6.92 Å². The number of rotatable bonds is 5. The number of aromatic nitrogens is 3. The van der Waals surface area contributed by atoms with E-state index in [1.165, 1.54) is 21.2 Å². The summed E-state index contributed by atoms with van der Waals surface area (Å²) in [6, 6.07) is 38.3. The van der Waals surface area contributed by atoms with E-state index in [2.05, 4.69) is 119 Å². The van der Waals surface area contributed by atoms with Gasteiger partial charge in [0.05, 0.1) is 28.7 Å². The first kappa shape index (κ1) is 22.6. The Kier molecular flexibility index (Phi) is 5.38. The van der Waals surface area contributed by atoms with Gasteiger partial charge in [-0.15, -0.1) is 11.3 Å². The van der Waals surface area contributed by atoms with Gasteiger partial charge in [0.2, 0.25) is 0 Å². The van der Waals surface area contributed by atoms with Gasteiger partial charge >= 0.3 is 0 Å². The van der Waals surface area contributed by atoms with Crippen molar-refractivity contribution in [3.8, 4) is 39.1 Å². The number of imidazole rings is 1. The van der Waals surface area contributed by atoms with Gasteiger partial charge in [0.15, 0.2) is 0 Å². The Labute approximate surface area is 225 Å². The van der Waals surface area contributed by atoms with Gasteiger partial charge in [-0.2, -0.15) is 0 Å². The first-order valence-electron chi connectivity index (χ1n) is 12.6. The van der Waals surface area contributed by atoms with E-state index in [0.717, 1.165) is 44.6 Å². The zero-order valence-electron chi connectivity index (χ0n) is 21.1. The monoisotopic (exact) mass is 511 g/mol. The first-order chi connectivity index (χ1) is 18.7. The number of nitrogens with zero attached hydrogens (tertiary/aromatic N) is 3. The number of hydrogen-bond acceptors (Lipinski definition) is 3. The molecule has 0 unspecified atom stereocenters. The summed E-state index contributed by atoms with van der Waals surface area (Å²) in [6.07, 6.45) is 2.14. The highest BCUT2D eigenvalue weighted by Crippen LogP contribution is 2.37. The summed E-state index contributed by atoms with van der Waals surface area (Å²) >= 11 is 1.76. The van der Waals surface area contributed by atoms with Gasteiger partial charge in [0, 0.05) is 38.8 Å². The van der Waals surface area contributed by atoms with Gasteiger partial charge in [0.25, 0.3) is 0 Å². The fourth-order valence-corrected chi connectivity index (χ4v) is 6.00. The molecule has 5 heteroatoms. The smallest absolute Gasteiger partial charge is 0.145 e. The predicted octanol–water partition coefficient (Wildman–Crippen LogP) is 8.68. The zero-order chi connectivity index (χ0) is 25.6. The lowest BCUT2D eigenvalue weighted by Crippen LogP contribution is -1.97. The summed E-state index contributed by atoms with van der Waals surface area (Å²) in [5, 5.41) is 2.47. The molecule has 3 aromatic heterocycles. The van der Waals surface area contributed by atoms with Crippen LogP contribution in [-0.2, 0) is 0 Å². The topological polar surface area (TPSA) is 32.0 Å². The Bertz CT molecular complexity index is 1910. The van der Waals surface area contributed by atoms with Crippen LogP contribution in [0.4, 0.5) is 0 Å². The van der Waals surface area contributed by atoms with Gasteiger partial charge in [0.1, 0.15) is 11.6 Å². The van der Waals surface area contributed by atoms with Crippen LogP contribution in [0.5, 0.6) is 5.75 Å². The molecule has 0 radical (unpaired) electrons. The Hall–Kier alpha value is -4.61. The fourth-order valence-electron chi connectivity index (χ4n) is 5.18. The molecule has 0 saturated heterocycles. The van der Waals surface area contributed by atoms with E-state index in [-0.39, 0.29) is 0 Å². The maximum Gasteiger partial charge on any atom is 0.145 e. The third-order valence-electron chi connectivity index (χ3n) is 7.00. The molecular formula is C33H25N3OS. The lowest BCUT2D eigenvalue weighted by atomic mass is 10.1. The van der Waals surface area contributed by atoms with E-state index in [4.69, 9.17) is 9.72 Å². The van der Waals surface area contributed by atoms with Gasteiger partial charge in [-0.05, 0) is 67.6 Å². The number of fused-ring (bicyclic) bond motifs is 3. The molecule has 0 aliphatic heterocycles. The summed E-state index contributed by atoms with van der Waals surface area (Å²) in [7, 11) is 1.69. The lowest BCUT2D eigenvalue weighted by molar-refractivity contribution is 0.415. The van der Waals surface area contributed by atoms with Crippen LogP contribution < -0.4 is 4.74 Å². The highest BCUT2D eigenvalue weighted by atomic mass is 32.1. The molecule has 38 heavy (non-hydrogen) atoms. The van der Waals surface area contributed by atoms with E-state index < -0.39 is 0 Å². The van der Waals surface area contributed by atoms with Gasteiger partial charge in [-0.25, -0.2) is 4.98 Å². The molecule has 0 aliphatic rings. The number of hydrogen-bond donors (Lipinski definition) is 0. The average Bonchev–Trinajstić information content (AvgIpc) is 3.68. The largest absolute Gasteiger partial charge is 0.497 e. The van der Waals surface area contributed by atoms with Crippen molar-refractivity contribution >= 4 is 33.1 Å². The van der Waals surface area contributed by atoms with Crippen LogP contribution in [0.3, 0.4) is 0 Å². The second kappa shape index (κ2) is 9.05. The number of para-hydroxylation sites is 2. The van der Waals surface area contributed by atoms with Crippen LogP contribution in [0.2, 0.25) is 0 Å². The molecule has 0 spiro atoms. The number of ether oxygens (including phenoxy) is 1. The minimum atomic E-state index is 0.832. The van der Waals surface area contributed by atoms with Gasteiger partial charge in [-0.3, -0.25) is 4.57 Å². The van der Waals surface area contributed by atoms with Crippen LogP contribution in [0.15, 0.2) is 115 Å². The van der Waals surface area contributed by atoms with Crippen LogP contribution in [0.25, 0.3) is 55.1 Å². The normalized spacial score (nSPS) is 11.4. The number of methoxy groups -OCH3 is 1. The molecule has 0 amide bonds. The van der Waals surface area contributed by atoms with Gasteiger partial charge < -0.3 is 9.30 Å². The number of thiophene rings is 1.